The zero-order valence-corrected chi connectivity index (χ0v) is 17.4. The average molecular weight is 431 g/mol. The molecule has 2 fully saturated rings. The standard InChI is InChI=1S/C24H22FN5O2/c25-17-7-2-3-8-20(17)30-21(24(32-23(30)31)11-4-1-5-12-24)22-27-18-10-9-16(15-19(18)28-22)29-14-6-13-26-29/h2-3,6-10,13-15,21H,1,4-5,11-12H2,(H,27,28)/t21-/m1/s1. The third-order valence-electron chi connectivity index (χ3n) is 6.57. The first kappa shape index (κ1) is 19.0. The molecule has 0 unspecified atom stereocenters. The Bertz CT molecular complexity index is 1290. The predicted octanol–water partition coefficient (Wildman–Crippen LogP) is 5.29. The lowest BCUT2D eigenvalue weighted by Gasteiger charge is -2.36. The van der Waals surface area contributed by atoms with Gasteiger partial charge in [-0.25, -0.2) is 18.9 Å². The van der Waals surface area contributed by atoms with E-state index < -0.39 is 23.6 Å². The normalized spacial score (nSPS) is 20.2. The highest BCUT2D eigenvalue weighted by Crippen LogP contribution is 2.51. The molecule has 1 aliphatic carbocycles. The molecule has 1 saturated heterocycles. The maximum absolute atomic E-state index is 14.8. The molecule has 2 aliphatic rings. The molecule has 1 aliphatic heterocycles. The minimum atomic E-state index is -0.726. The van der Waals surface area contributed by atoms with E-state index in [-0.39, 0.29) is 5.69 Å². The first-order chi connectivity index (χ1) is 15.6. The molecule has 1 amide bonds. The molecule has 162 valence electrons. The van der Waals surface area contributed by atoms with Crippen LogP contribution in [-0.2, 0) is 4.74 Å². The molecule has 32 heavy (non-hydrogen) atoms. The number of para-hydroxylation sites is 1. The quantitative estimate of drug-likeness (QED) is 0.478. The van der Waals surface area contributed by atoms with Gasteiger partial charge in [0, 0.05) is 12.4 Å². The Balaban J connectivity index is 1.49. The number of halogens is 1. The Hall–Kier alpha value is -3.68. The van der Waals surface area contributed by atoms with Crippen LogP contribution in [0.25, 0.3) is 16.7 Å². The van der Waals surface area contributed by atoms with Crippen molar-refractivity contribution in [2.75, 3.05) is 4.90 Å². The van der Waals surface area contributed by atoms with E-state index in [1.165, 1.54) is 11.0 Å². The Kier molecular flexibility index (Phi) is 4.28. The summed E-state index contributed by atoms with van der Waals surface area (Å²) in [5, 5.41) is 4.29. The monoisotopic (exact) mass is 431 g/mol. The van der Waals surface area contributed by atoms with Gasteiger partial charge in [-0.05, 0) is 62.1 Å². The van der Waals surface area contributed by atoms with Crippen molar-refractivity contribution in [2.45, 2.75) is 43.7 Å². The lowest BCUT2D eigenvalue weighted by atomic mass is 9.79. The minimum absolute atomic E-state index is 0.211. The largest absolute Gasteiger partial charge is 0.440 e. The highest BCUT2D eigenvalue weighted by molar-refractivity contribution is 5.92. The second-order valence-corrected chi connectivity index (χ2v) is 8.49. The van der Waals surface area contributed by atoms with Gasteiger partial charge in [-0.1, -0.05) is 18.6 Å². The first-order valence-electron chi connectivity index (χ1n) is 10.9. The Labute approximate surface area is 183 Å². The van der Waals surface area contributed by atoms with Crippen LogP contribution in [0.1, 0.15) is 44.0 Å². The lowest BCUT2D eigenvalue weighted by molar-refractivity contribution is 0.00312. The number of imidazole rings is 1. The molecule has 2 aromatic heterocycles. The lowest BCUT2D eigenvalue weighted by Crippen LogP contribution is -2.41. The molecule has 8 heteroatoms. The smallest absolute Gasteiger partial charge is 0.415 e. The third-order valence-corrected chi connectivity index (χ3v) is 6.57. The van der Waals surface area contributed by atoms with E-state index in [2.05, 4.69) is 10.1 Å². The minimum Gasteiger partial charge on any atom is -0.440 e. The van der Waals surface area contributed by atoms with Crippen molar-refractivity contribution in [1.29, 1.82) is 0 Å². The topological polar surface area (TPSA) is 76.0 Å². The molecule has 6 rings (SSSR count). The predicted molar refractivity (Wildman–Crippen MR) is 117 cm³/mol. The summed E-state index contributed by atoms with van der Waals surface area (Å²) in [6.45, 7) is 0. The van der Waals surface area contributed by atoms with Crippen LogP contribution in [-0.4, -0.2) is 31.4 Å². The second kappa shape index (κ2) is 7.19. The average Bonchev–Trinajstić information content (AvgIpc) is 3.52. The van der Waals surface area contributed by atoms with Crippen molar-refractivity contribution in [1.82, 2.24) is 19.7 Å². The van der Waals surface area contributed by atoms with Crippen LogP contribution in [0.15, 0.2) is 60.9 Å². The summed E-state index contributed by atoms with van der Waals surface area (Å²) in [5.74, 6) is 0.146. The summed E-state index contributed by atoms with van der Waals surface area (Å²) in [5.41, 5.74) is 1.98. The number of carbonyl (C=O) groups excluding carboxylic acids is 1. The first-order valence-corrected chi connectivity index (χ1v) is 10.9. The van der Waals surface area contributed by atoms with Gasteiger partial charge in [0.15, 0.2) is 0 Å². The van der Waals surface area contributed by atoms with Crippen molar-refractivity contribution in [3.8, 4) is 5.69 Å². The van der Waals surface area contributed by atoms with E-state index in [9.17, 15) is 9.18 Å². The summed E-state index contributed by atoms with van der Waals surface area (Å²) >= 11 is 0. The summed E-state index contributed by atoms with van der Waals surface area (Å²) in [6.07, 6.45) is 7.53. The highest BCUT2D eigenvalue weighted by Gasteiger charge is 2.57. The number of ether oxygens (including phenoxy) is 1. The molecule has 3 heterocycles. The van der Waals surface area contributed by atoms with Crippen molar-refractivity contribution >= 4 is 22.8 Å². The number of nitrogens with one attached hydrogen (secondary N) is 1. The molecule has 1 spiro atoms. The SMILES string of the molecule is O=C1OC2(CCCCC2)[C@@H](c2nc3ccc(-n4cccn4)cc3[nH]2)N1c1ccccc1F. The van der Waals surface area contributed by atoms with E-state index in [1.807, 2.05) is 30.5 Å². The number of benzene rings is 2. The molecular formula is C24H22FN5O2. The number of rotatable bonds is 3. The Morgan fingerprint density at radius 3 is 2.72 bits per heavy atom. The number of fused-ring (bicyclic) bond motifs is 1. The van der Waals surface area contributed by atoms with Gasteiger partial charge < -0.3 is 9.72 Å². The number of carbonyl (C=O) groups is 1. The molecule has 2 aromatic carbocycles. The maximum atomic E-state index is 14.8. The summed E-state index contributed by atoms with van der Waals surface area (Å²) in [4.78, 5) is 22.8. The Morgan fingerprint density at radius 2 is 1.94 bits per heavy atom. The van der Waals surface area contributed by atoms with Crippen LogP contribution in [0.2, 0.25) is 0 Å². The number of anilines is 1. The maximum Gasteiger partial charge on any atom is 0.415 e. The molecule has 4 aromatic rings. The fourth-order valence-electron chi connectivity index (χ4n) is 5.11. The van der Waals surface area contributed by atoms with Crippen molar-refractivity contribution in [3.63, 3.8) is 0 Å². The third kappa shape index (κ3) is 2.90. The number of amides is 1. The van der Waals surface area contributed by atoms with Gasteiger partial charge in [-0.15, -0.1) is 0 Å². The van der Waals surface area contributed by atoms with Gasteiger partial charge >= 0.3 is 6.09 Å². The van der Waals surface area contributed by atoms with Gasteiger partial charge in [-0.2, -0.15) is 5.10 Å². The van der Waals surface area contributed by atoms with Crippen molar-refractivity contribution in [3.05, 3.63) is 72.6 Å². The van der Waals surface area contributed by atoms with Crippen LogP contribution in [0.4, 0.5) is 14.9 Å². The van der Waals surface area contributed by atoms with Gasteiger partial charge in [0.1, 0.15) is 23.3 Å². The number of hydrogen-bond donors (Lipinski definition) is 1. The molecule has 7 nitrogen and oxygen atoms in total. The van der Waals surface area contributed by atoms with E-state index in [4.69, 9.17) is 9.72 Å². The van der Waals surface area contributed by atoms with Crippen LogP contribution in [0.3, 0.4) is 0 Å². The second-order valence-electron chi connectivity index (χ2n) is 8.49. The van der Waals surface area contributed by atoms with Gasteiger partial charge in [0.25, 0.3) is 0 Å². The van der Waals surface area contributed by atoms with Gasteiger partial charge in [0.05, 0.1) is 22.4 Å². The number of nitrogens with zero attached hydrogens (tertiary/aromatic N) is 4. The van der Waals surface area contributed by atoms with E-state index in [0.717, 1.165) is 48.8 Å². The van der Waals surface area contributed by atoms with Crippen LogP contribution < -0.4 is 4.90 Å². The summed E-state index contributed by atoms with van der Waals surface area (Å²) < 4.78 is 22.6. The summed E-state index contributed by atoms with van der Waals surface area (Å²) in [7, 11) is 0. The van der Waals surface area contributed by atoms with Crippen molar-refractivity contribution < 1.29 is 13.9 Å². The van der Waals surface area contributed by atoms with Crippen LogP contribution in [0, 0.1) is 5.82 Å². The van der Waals surface area contributed by atoms with E-state index in [0.29, 0.717) is 5.82 Å². The highest BCUT2D eigenvalue weighted by atomic mass is 19.1. The van der Waals surface area contributed by atoms with E-state index in [1.54, 1.807) is 29.1 Å². The number of H-pyrrole nitrogens is 1. The molecule has 0 radical (unpaired) electrons. The Morgan fingerprint density at radius 1 is 1.09 bits per heavy atom. The zero-order valence-electron chi connectivity index (χ0n) is 17.4. The fourth-order valence-corrected chi connectivity index (χ4v) is 5.11. The summed E-state index contributed by atoms with van der Waals surface area (Å²) in [6, 6.07) is 13.5. The number of aromatic nitrogens is 4. The fraction of sp³-hybridized carbons (Fsp3) is 0.292. The van der Waals surface area contributed by atoms with Gasteiger partial charge in [-0.3, -0.25) is 4.90 Å². The molecular weight excluding hydrogens is 409 g/mol. The van der Waals surface area contributed by atoms with E-state index >= 15 is 0 Å². The molecule has 0 bridgehead atoms. The molecule has 1 atom stereocenters. The van der Waals surface area contributed by atoms with Gasteiger partial charge in [0.2, 0.25) is 0 Å². The number of hydrogen-bond acceptors (Lipinski definition) is 4. The zero-order chi connectivity index (χ0) is 21.7. The van der Waals surface area contributed by atoms with Crippen molar-refractivity contribution in [2.24, 2.45) is 0 Å². The van der Waals surface area contributed by atoms with Crippen LogP contribution in [0.5, 0.6) is 0 Å². The van der Waals surface area contributed by atoms with Crippen LogP contribution >= 0.6 is 0 Å². The number of aromatic amines is 1. The molecule has 1 N–H and O–H groups in total. The molecule has 1 saturated carbocycles.